The predicted molar refractivity (Wildman–Crippen MR) is 130 cm³/mol. The Morgan fingerprint density at radius 2 is 1.85 bits per heavy atom. The quantitative estimate of drug-likeness (QED) is 0.471. The number of amides is 1. The molecule has 7 heteroatoms. The Balaban J connectivity index is 1.62. The highest BCUT2D eigenvalue weighted by Gasteiger charge is 2.42. The molecule has 0 aliphatic heterocycles. The Bertz CT molecular complexity index is 988. The van der Waals surface area contributed by atoms with E-state index in [0.29, 0.717) is 30.5 Å². The maximum atomic E-state index is 15.0. The van der Waals surface area contributed by atoms with Crippen LogP contribution in [0.1, 0.15) is 57.1 Å². The molecule has 1 N–H and O–H groups in total. The van der Waals surface area contributed by atoms with E-state index in [1.165, 1.54) is 6.07 Å². The van der Waals surface area contributed by atoms with Crippen molar-refractivity contribution in [3.8, 4) is 0 Å². The molecule has 2 aromatic rings. The number of Topliss-reactive ketones (excluding diaryl/α,β-unsaturated/α-hetero) is 1. The summed E-state index contributed by atoms with van der Waals surface area (Å²) in [6, 6.07) is 14.0. The normalized spacial score (nSPS) is 19.3. The number of benzene rings is 2. The average molecular weight is 472 g/mol. The first kappa shape index (κ1) is 25.1. The summed E-state index contributed by atoms with van der Waals surface area (Å²) in [6.45, 7) is 10.8. The molecule has 178 valence electrons. The molecule has 0 heterocycles. The van der Waals surface area contributed by atoms with Gasteiger partial charge in [-0.05, 0) is 60.2 Å². The van der Waals surface area contributed by atoms with Crippen LogP contribution in [0.15, 0.2) is 48.5 Å². The number of hydrogen-bond donors (Lipinski definition) is 1. The highest BCUT2D eigenvalue weighted by atomic mass is 28.4. The van der Waals surface area contributed by atoms with Gasteiger partial charge in [-0.3, -0.25) is 10.1 Å². The van der Waals surface area contributed by atoms with Gasteiger partial charge in [-0.2, -0.15) is 0 Å². The number of anilines is 1. The van der Waals surface area contributed by atoms with Gasteiger partial charge in [-0.1, -0.05) is 57.2 Å². The highest BCUT2D eigenvalue weighted by molar-refractivity contribution is 6.74. The van der Waals surface area contributed by atoms with Crippen LogP contribution in [0.25, 0.3) is 0 Å². The number of carbonyl (C=O) groups excluding carboxylic acids is 2. The molecule has 0 saturated heterocycles. The second kappa shape index (κ2) is 10.2. The van der Waals surface area contributed by atoms with Gasteiger partial charge in [0.05, 0.1) is 0 Å². The van der Waals surface area contributed by atoms with Gasteiger partial charge < -0.3 is 9.16 Å². The topological polar surface area (TPSA) is 64.6 Å². The minimum atomic E-state index is -2.11. The lowest BCUT2D eigenvalue weighted by atomic mass is 9.81. The zero-order valence-electron chi connectivity index (χ0n) is 20.1. The largest absolute Gasteiger partial charge is 0.444 e. The van der Waals surface area contributed by atoms with Crippen molar-refractivity contribution in [1.29, 1.82) is 0 Å². The molecule has 33 heavy (non-hydrogen) atoms. The van der Waals surface area contributed by atoms with Crippen molar-refractivity contribution in [3.05, 3.63) is 65.5 Å². The maximum Gasteiger partial charge on any atom is 0.411 e. The highest BCUT2D eigenvalue weighted by Crippen LogP contribution is 2.41. The van der Waals surface area contributed by atoms with Crippen LogP contribution in [-0.2, 0) is 20.6 Å². The first-order valence-electron chi connectivity index (χ1n) is 11.4. The molecule has 3 rings (SSSR count). The summed E-state index contributed by atoms with van der Waals surface area (Å²) in [5, 5.41) is 2.57. The van der Waals surface area contributed by atoms with Crippen LogP contribution in [-0.4, -0.2) is 26.3 Å². The summed E-state index contributed by atoms with van der Waals surface area (Å²) in [5.74, 6) is -0.395. The Kier molecular flexibility index (Phi) is 7.75. The van der Waals surface area contributed by atoms with Gasteiger partial charge in [0.2, 0.25) is 0 Å². The van der Waals surface area contributed by atoms with Gasteiger partial charge in [0.15, 0.2) is 14.1 Å². The first-order valence-corrected chi connectivity index (χ1v) is 14.3. The standard InChI is InChI=1S/C26H34FNO4Si/c1-26(2,3)33(4,5)32-24-15-19(11-14-23(24)29)21-13-12-20(16-22(21)27)28-25(30)31-17-18-9-7-6-8-10-18/h6-10,12-13,16,19,24H,11,14-15,17H2,1-5H3,(H,28,30)/t19-,24+/m1/s1. The predicted octanol–water partition coefficient (Wildman–Crippen LogP) is 6.80. The summed E-state index contributed by atoms with van der Waals surface area (Å²) >= 11 is 0. The van der Waals surface area contributed by atoms with E-state index in [2.05, 4.69) is 39.2 Å². The molecule has 1 aliphatic carbocycles. The Hall–Kier alpha value is -2.51. The first-order chi connectivity index (χ1) is 15.5. The van der Waals surface area contributed by atoms with E-state index in [1.807, 2.05) is 30.3 Å². The summed E-state index contributed by atoms with van der Waals surface area (Å²) < 4.78 is 26.6. The van der Waals surface area contributed by atoms with Crippen molar-refractivity contribution in [3.63, 3.8) is 0 Å². The average Bonchev–Trinajstić information content (AvgIpc) is 2.74. The molecule has 0 unspecified atom stereocenters. The fraction of sp³-hybridized carbons (Fsp3) is 0.462. The molecule has 2 aromatic carbocycles. The number of carbonyl (C=O) groups is 2. The van der Waals surface area contributed by atoms with Gasteiger partial charge in [-0.25, -0.2) is 9.18 Å². The number of rotatable bonds is 6. The van der Waals surface area contributed by atoms with E-state index < -0.39 is 26.3 Å². The van der Waals surface area contributed by atoms with Gasteiger partial charge in [-0.15, -0.1) is 0 Å². The SMILES string of the molecule is CC(C)(C)[Si](C)(C)O[C@H]1C[C@H](c2ccc(NC(=O)OCc3ccccc3)cc2F)CCC1=O. The molecule has 0 aromatic heterocycles. The molecule has 5 nitrogen and oxygen atoms in total. The number of ether oxygens (including phenoxy) is 1. The van der Waals surface area contributed by atoms with E-state index in [4.69, 9.17) is 9.16 Å². The molecule has 1 saturated carbocycles. The van der Waals surface area contributed by atoms with Gasteiger partial charge in [0, 0.05) is 12.1 Å². The third-order valence-electron chi connectivity index (χ3n) is 6.74. The van der Waals surface area contributed by atoms with Crippen molar-refractivity contribution < 1.29 is 23.1 Å². The number of hydrogen-bond acceptors (Lipinski definition) is 4. The molecule has 1 aliphatic rings. The molecule has 1 amide bonds. The Morgan fingerprint density at radius 1 is 1.15 bits per heavy atom. The fourth-order valence-corrected chi connectivity index (χ4v) is 5.02. The molecular weight excluding hydrogens is 437 g/mol. The van der Waals surface area contributed by atoms with Crippen molar-refractivity contribution in [2.75, 3.05) is 5.32 Å². The lowest BCUT2D eigenvalue weighted by molar-refractivity contribution is -0.128. The van der Waals surface area contributed by atoms with Gasteiger partial charge in [0.1, 0.15) is 18.5 Å². The number of ketones is 1. The zero-order valence-corrected chi connectivity index (χ0v) is 21.1. The lowest BCUT2D eigenvalue weighted by Gasteiger charge is -2.41. The van der Waals surface area contributed by atoms with Crippen molar-refractivity contribution in [1.82, 2.24) is 0 Å². The molecule has 0 bridgehead atoms. The van der Waals surface area contributed by atoms with Gasteiger partial charge in [0.25, 0.3) is 0 Å². The molecule has 0 radical (unpaired) electrons. The third-order valence-corrected chi connectivity index (χ3v) is 11.2. The van der Waals surface area contributed by atoms with Crippen molar-refractivity contribution in [2.45, 2.75) is 76.8 Å². The van der Waals surface area contributed by atoms with Gasteiger partial charge >= 0.3 is 6.09 Å². The lowest BCUT2D eigenvalue weighted by Crippen LogP contribution is -2.47. The third kappa shape index (κ3) is 6.51. The molecular formula is C26H34FNO4Si. The van der Waals surface area contributed by atoms with Crippen molar-refractivity contribution in [2.24, 2.45) is 0 Å². The summed E-state index contributed by atoms with van der Waals surface area (Å²) in [5.41, 5.74) is 1.75. The van der Waals surface area contributed by atoms with Crippen LogP contribution >= 0.6 is 0 Å². The summed E-state index contributed by atoms with van der Waals surface area (Å²) in [6.07, 6.45) is 0.328. The number of nitrogens with one attached hydrogen (secondary N) is 1. The monoisotopic (exact) mass is 471 g/mol. The van der Waals surface area contributed by atoms with E-state index in [0.717, 1.165) is 5.56 Å². The minimum absolute atomic E-state index is 0.00604. The molecule has 2 atom stereocenters. The summed E-state index contributed by atoms with van der Waals surface area (Å²) in [4.78, 5) is 24.6. The van der Waals surface area contributed by atoms with Crippen LogP contribution in [0.4, 0.5) is 14.9 Å². The van der Waals surface area contributed by atoms with Crippen LogP contribution in [0.2, 0.25) is 18.1 Å². The fourth-order valence-electron chi connectivity index (χ4n) is 3.73. The van der Waals surface area contributed by atoms with Crippen molar-refractivity contribution >= 4 is 25.9 Å². The van der Waals surface area contributed by atoms with E-state index >= 15 is 0 Å². The number of halogens is 1. The van der Waals surface area contributed by atoms with E-state index in [1.54, 1.807) is 12.1 Å². The molecule has 1 fully saturated rings. The zero-order chi connectivity index (χ0) is 24.2. The smallest absolute Gasteiger partial charge is 0.411 e. The molecule has 0 spiro atoms. The van der Waals surface area contributed by atoms with Crippen LogP contribution in [0.5, 0.6) is 0 Å². The second-order valence-electron chi connectivity index (χ2n) is 10.2. The Labute approximate surface area is 196 Å². The van der Waals surface area contributed by atoms with Crippen LogP contribution < -0.4 is 5.32 Å². The minimum Gasteiger partial charge on any atom is -0.444 e. The second-order valence-corrected chi connectivity index (χ2v) is 15.0. The summed E-state index contributed by atoms with van der Waals surface area (Å²) in [7, 11) is -2.11. The Morgan fingerprint density at radius 3 is 2.48 bits per heavy atom. The van der Waals surface area contributed by atoms with E-state index in [-0.39, 0.29) is 23.3 Å². The van der Waals surface area contributed by atoms with Crippen LogP contribution in [0, 0.1) is 5.82 Å². The maximum absolute atomic E-state index is 15.0. The van der Waals surface area contributed by atoms with Crippen LogP contribution in [0.3, 0.4) is 0 Å². The van der Waals surface area contributed by atoms with E-state index in [9.17, 15) is 14.0 Å².